The van der Waals surface area contributed by atoms with Crippen LogP contribution in [0.3, 0.4) is 0 Å². The van der Waals surface area contributed by atoms with Gasteiger partial charge in [-0.25, -0.2) is 9.59 Å². The van der Waals surface area contributed by atoms with Crippen LogP contribution in [0, 0.1) is 0 Å². The van der Waals surface area contributed by atoms with Gasteiger partial charge in [-0.05, 0) is 37.3 Å². The van der Waals surface area contributed by atoms with Crippen molar-refractivity contribution >= 4 is 11.9 Å². The number of esters is 1. The van der Waals surface area contributed by atoms with Crippen molar-refractivity contribution in [3.05, 3.63) is 59.7 Å². The molecule has 0 atom stereocenters. The van der Waals surface area contributed by atoms with Crippen LogP contribution in [0.4, 0.5) is 0 Å². The molecule has 24 heavy (non-hydrogen) atoms. The summed E-state index contributed by atoms with van der Waals surface area (Å²) in [5.74, 6) is -1.17. The molecule has 0 saturated heterocycles. The lowest BCUT2D eigenvalue weighted by atomic mass is 10.2. The highest BCUT2D eigenvalue weighted by Gasteiger charge is 2.15. The summed E-state index contributed by atoms with van der Waals surface area (Å²) in [5, 5.41) is 8.97. The molecule has 0 amide bonds. The van der Waals surface area contributed by atoms with Gasteiger partial charge in [0, 0.05) is 6.61 Å². The maximum absolute atomic E-state index is 12.3. The van der Waals surface area contributed by atoms with E-state index in [0.29, 0.717) is 25.6 Å². The predicted molar refractivity (Wildman–Crippen MR) is 86.8 cm³/mol. The van der Waals surface area contributed by atoms with Gasteiger partial charge in [0.05, 0.1) is 12.2 Å². The summed E-state index contributed by atoms with van der Waals surface area (Å²) in [6.07, 6.45) is 0. The summed E-state index contributed by atoms with van der Waals surface area (Å²) >= 11 is 0. The fourth-order valence-corrected chi connectivity index (χ4v) is 1.97. The summed E-state index contributed by atoms with van der Waals surface area (Å²) in [4.78, 5) is 23.3. The quantitative estimate of drug-likeness (QED) is 0.455. The molecule has 0 bridgehead atoms. The first-order valence-corrected chi connectivity index (χ1v) is 7.47. The molecule has 126 valence electrons. The summed E-state index contributed by atoms with van der Waals surface area (Å²) in [5.41, 5.74) is 0.302. The lowest BCUT2D eigenvalue weighted by Crippen LogP contribution is -2.13. The Morgan fingerprint density at radius 2 is 1.83 bits per heavy atom. The van der Waals surface area contributed by atoms with Crippen LogP contribution >= 0.6 is 0 Å². The second-order valence-electron chi connectivity index (χ2n) is 4.76. The Hall–Kier alpha value is -2.86. The van der Waals surface area contributed by atoms with Gasteiger partial charge in [0.25, 0.3) is 0 Å². The fourth-order valence-electron chi connectivity index (χ4n) is 1.97. The number of benzene rings is 2. The lowest BCUT2D eigenvalue weighted by Gasteiger charge is -2.11. The van der Waals surface area contributed by atoms with Crippen molar-refractivity contribution in [3.8, 4) is 11.5 Å². The Morgan fingerprint density at radius 3 is 2.58 bits per heavy atom. The number of carboxylic acid groups (broad SMARTS) is 1. The Morgan fingerprint density at radius 1 is 1.04 bits per heavy atom. The van der Waals surface area contributed by atoms with Gasteiger partial charge < -0.3 is 19.3 Å². The molecule has 2 rings (SSSR count). The molecule has 0 saturated carbocycles. The highest BCUT2D eigenvalue weighted by atomic mass is 16.5. The summed E-state index contributed by atoms with van der Waals surface area (Å²) in [6.45, 7) is 3.21. The third-order valence-corrected chi connectivity index (χ3v) is 3.09. The molecule has 2 aromatic rings. The number of carbonyl (C=O) groups is 2. The van der Waals surface area contributed by atoms with Crippen LogP contribution < -0.4 is 9.47 Å². The minimum atomic E-state index is -1.09. The molecule has 6 nitrogen and oxygen atoms in total. The second kappa shape index (κ2) is 8.69. The van der Waals surface area contributed by atoms with Crippen LogP contribution in [0.5, 0.6) is 11.5 Å². The zero-order valence-corrected chi connectivity index (χ0v) is 13.2. The van der Waals surface area contributed by atoms with Crippen molar-refractivity contribution in [3.63, 3.8) is 0 Å². The molecule has 0 unspecified atom stereocenters. The van der Waals surface area contributed by atoms with E-state index in [4.69, 9.17) is 19.3 Å². The molecule has 0 radical (unpaired) electrons. The van der Waals surface area contributed by atoms with Crippen molar-refractivity contribution in [2.24, 2.45) is 0 Å². The number of para-hydroxylation sites is 1. The van der Waals surface area contributed by atoms with Gasteiger partial charge in [-0.1, -0.05) is 18.2 Å². The SMILES string of the molecule is CCOCCOc1ccccc1C(=O)Oc1cccc(C(=O)O)c1. The van der Waals surface area contributed by atoms with Gasteiger partial charge >= 0.3 is 11.9 Å². The van der Waals surface area contributed by atoms with Gasteiger partial charge in [0.1, 0.15) is 23.7 Å². The minimum absolute atomic E-state index is 0.0431. The highest BCUT2D eigenvalue weighted by Crippen LogP contribution is 2.21. The van der Waals surface area contributed by atoms with Crippen molar-refractivity contribution in [1.82, 2.24) is 0 Å². The molecule has 1 N–H and O–H groups in total. The molecule has 0 aromatic heterocycles. The smallest absolute Gasteiger partial charge is 0.347 e. The van der Waals surface area contributed by atoms with Gasteiger partial charge in [-0.2, -0.15) is 0 Å². The van der Waals surface area contributed by atoms with E-state index in [9.17, 15) is 9.59 Å². The van der Waals surface area contributed by atoms with Crippen LogP contribution in [0.2, 0.25) is 0 Å². The molecule has 0 heterocycles. The molecule has 6 heteroatoms. The maximum atomic E-state index is 12.3. The zero-order valence-electron chi connectivity index (χ0n) is 13.2. The zero-order chi connectivity index (χ0) is 17.4. The topological polar surface area (TPSA) is 82.1 Å². The Balaban J connectivity index is 2.09. The molecule has 0 aliphatic rings. The number of carbonyl (C=O) groups excluding carboxylic acids is 1. The first-order valence-electron chi connectivity index (χ1n) is 7.47. The van der Waals surface area contributed by atoms with E-state index >= 15 is 0 Å². The largest absolute Gasteiger partial charge is 0.490 e. The monoisotopic (exact) mass is 330 g/mol. The van der Waals surface area contributed by atoms with Gasteiger partial charge in [0.2, 0.25) is 0 Å². The van der Waals surface area contributed by atoms with Gasteiger partial charge in [0.15, 0.2) is 0 Å². The fraction of sp³-hybridized carbons (Fsp3) is 0.222. The minimum Gasteiger partial charge on any atom is -0.490 e. The predicted octanol–water partition coefficient (Wildman–Crippen LogP) is 3.02. The van der Waals surface area contributed by atoms with Crippen LogP contribution in [-0.2, 0) is 4.74 Å². The van der Waals surface area contributed by atoms with Crippen LogP contribution in [0.1, 0.15) is 27.6 Å². The van der Waals surface area contributed by atoms with Gasteiger partial charge in [-0.15, -0.1) is 0 Å². The van der Waals surface area contributed by atoms with Crippen LogP contribution in [-0.4, -0.2) is 36.9 Å². The van der Waals surface area contributed by atoms with Crippen LogP contribution in [0.15, 0.2) is 48.5 Å². The number of carboxylic acids is 1. The number of hydrogen-bond acceptors (Lipinski definition) is 5. The molecule has 0 fully saturated rings. The molecule has 2 aromatic carbocycles. The van der Waals surface area contributed by atoms with E-state index in [2.05, 4.69) is 0 Å². The lowest BCUT2D eigenvalue weighted by molar-refractivity contribution is 0.0685. The first kappa shape index (κ1) is 17.5. The Bertz CT molecular complexity index is 710. The standard InChI is InChI=1S/C18H18O6/c1-2-22-10-11-23-16-9-4-3-8-15(16)18(21)24-14-7-5-6-13(12-14)17(19)20/h3-9,12H,2,10-11H2,1H3,(H,19,20). The summed E-state index contributed by atoms with van der Waals surface area (Å²) in [6, 6.07) is 12.4. The average molecular weight is 330 g/mol. The third kappa shape index (κ3) is 4.82. The molecular weight excluding hydrogens is 312 g/mol. The number of rotatable bonds is 8. The van der Waals surface area contributed by atoms with Crippen molar-refractivity contribution in [1.29, 1.82) is 0 Å². The van der Waals surface area contributed by atoms with Crippen molar-refractivity contribution in [2.45, 2.75) is 6.92 Å². The summed E-state index contributed by atoms with van der Waals surface area (Å²) in [7, 11) is 0. The molecule has 0 spiro atoms. The van der Waals surface area contributed by atoms with E-state index in [-0.39, 0.29) is 16.9 Å². The van der Waals surface area contributed by atoms with E-state index in [1.807, 2.05) is 6.92 Å². The van der Waals surface area contributed by atoms with E-state index in [1.54, 1.807) is 24.3 Å². The number of ether oxygens (including phenoxy) is 3. The maximum Gasteiger partial charge on any atom is 0.347 e. The highest BCUT2D eigenvalue weighted by molar-refractivity contribution is 5.94. The first-order chi connectivity index (χ1) is 11.6. The normalized spacial score (nSPS) is 10.2. The van der Waals surface area contributed by atoms with E-state index in [0.717, 1.165) is 0 Å². The average Bonchev–Trinajstić information content (AvgIpc) is 2.59. The van der Waals surface area contributed by atoms with Crippen molar-refractivity contribution < 1.29 is 28.9 Å². The van der Waals surface area contributed by atoms with Crippen LogP contribution in [0.25, 0.3) is 0 Å². The molecule has 0 aliphatic carbocycles. The number of aromatic carboxylic acids is 1. The molecular formula is C18H18O6. The Labute approximate surface area is 139 Å². The number of hydrogen-bond donors (Lipinski definition) is 1. The second-order valence-corrected chi connectivity index (χ2v) is 4.76. The molecule has 0 aliphatic heterocycles. The Kier molecular flexibility index (Phi) is 6.33. The van der Waals surface area contributed by atoms with Crippen molar-refractivity contribution in [2.75, 3.05) is 19.8 Å². The van der Waals surface area contributed by atoms with E-state index < -0.39 is 11.9 Å². The van der Waals surface area contributed by atoms with Gasteiger partial charge in [-0.3, -0.25) is 0 Å². The third-order valence-electron chi connectivity index (χ3n) is 3.09. The van der Waals surface area contributed by atoms with E-state index in [1.165, 1.54) is 24.3 Å². The summed E-state index contributed by atoms with van der Waals surface area (Å²) < 4.78 is 16.0.